The van der Waals surface area contributed by atoms with E-state index in [0.717, 1.165) is 16.8 Å². The number of alkyl halides is 1. The smallest absolute Gasteiger partial charge is 0.248 e. The predicted octanol–water partition coefficient (Wildman–Crippen LogP) is 8.21. The fourth-order valence-electron chi connectivity index (χ4n) is 3.71. The van der Waals surface area contributed by atoms with Gasteiger partial charge in [-0.3, -0.25) is 4.79 Å². The Kier molecular flexibility index (Phi) is 5.87. The summed E-state index contributed by atoms with van der Waals surface area (Å²) >= 11 is 20.2. The molecule has 3 nitrogen and oxygen atoms in total. The zero-order valence-corrected chi connectivity index (χ0v) is 19.6. The Morgan fingerprint density at radius 1 is 0.906 bits per heavy atom. The van der Waals surface area contributed by atoms with E-state index < -0.39 is 5.38 Å². The molecule has 1 aliphatic rings. The lowest BCUT2D eigenvalue weighted by Gasteiger charge is -2.44. The first-order chi connectivity index (χ1) is 15.5. The van der Waals surface area contributed by atoms with Gasteiger partial charge in [-0.1, -0.05) is 53.5 Å². The molecule has 160 valence electrons. The highest BCUT2D eigenvalue weighted by Crippen LogP contribution is 2.43. The number of carbonyl (C=O) groups is 1. The standard InChI is InChI=1S/C25H16Cl3NO2S/c26-17-7-12-21(20(27)14-17)31-19-10-8-18(9-11-19)29-24(23(28)25(29)30)16-5-3-15(4-6-16)22-2-1-13-32-22/h1-14,23-24H. The van der Waals surface area contributed by atoms with Gasteiger partial charge in [-0.15, -0.1) is 22.9 Å². The molecule has 1 amide bonds. The number of nitrogens with zero attached hydrogens (tertiary/aromatic N) is 1. The minimum atomic E-state index is -0.591. The predicted molar refractivity (Wildman–Crippen MR) is 133 cm³/mol. The molecule has 1 fully saturated rings. The van der Waals surface area contributed by atoms with Gasteiger partial charge in [0.05, 0.1) is 11.1 Å². The van der Waals surface area contributed by atoms with Gasteiger partial charge in [-0.25, -0.2) is 0 Å². The number of rotatable bonds is 5. The number of β-lactam (4-membered cyclic amide) rings is 1. The molecule has 0 spiro atoms. The molecule has 2 unspecified atom stereocenters. The zero-order valence-electron chi connectivity index (χ0n) is 16.5. The van der Waals surface area contributed by atoms with Crippen LogP contribution < -0.4 is 9.64 Å². The highest BCUT2D eigenvalue weighted by atomic mass is 35.5. The van der Waals surface area contributed by atoms with E-state index in [2.05, 4.69) is 23.6 Å². The molecule has 1 saturated heterocycles. The van der Waals surface area contributed by atoms with Crippen molar-refractivity contribution in [2.75, 3.05) is 4.90 Å². The number of amides is 1. The molecule has 5 rings (SSSR count). The summed E-state index contributed by atoms with van der Waals surface area (Å²) in [5, 5.41) is 2.43. The summed E-state index contributed by atoms with van der Waals surface area (Å²) in [6.45, 7) is 0. The molecule has 0 N–H and O–H groups in total. The molecule has 2 heterocycles. The molecule has 32 heavy (non-hydrogen) atoms. The Morgan fingerprint density at radius 3 is 2.31 bits per heavy atom. The Bertz CT molecular complexity index is 1260. The fraction of sp³-hybridized carbons (Fsp3) is 0.0800. The van der Waals surface area contributed by atoms with E-state index in [0.29, 0.717) is 21.5 Å². The van der Waals surface area contributed by atoms with Crippen LogP contribution in [0.25, 0.3) is 10.4 Å². The first-order valence-corrected chi connectivity index (χ1v) is 11.9. The molecule has 2 atom stereocenters. The van der Waals surface area contributed by atoms with Gasteiger partial charge in [0.1, 0.15) is 16.9 Å². The van der Waals surface area contributed by atoms with E-state index in [-0.39, 0.29) is 11.9 Å². The van der Waals surface area contributed by atoms with E-state index in [1.54, 1.807) is 46.6 Å². The van der Waals surface area contributed by atoms with Crippen molar-refractivity contribution in [2.45, 2.75) is 11.4 Å². The van der Waals surface area contributed by atoms with Crippen LogP contribution in [0, 0.1) is 0 Å². The summed E-state index contributed by atoms with van der Waals surface area (Å²) in [4.78, 5) is 15.5. The lowest BCUT2D eigenvalue weighted by Crippen LogP contribution is -2.56. The van der Waals surface area contributed by atoms with Crippen molar-refractivity contribution in [1.82, 2.24) is 0 Å². The van der Waals surface area contributed by atoms with Crippen LogP contribution in [-0.4, -0.2) is 11.3 Å². The normalized spacial score (nSPS) is 17.8. The summed E-state index contributed by atoms with van der Waals surface area (Å²) in [5.74, 6) is 0.993. The third-order valence-electron chi connectivity index (χ3n) is 5.32. The molecule has 1 aliphatic heterocycles. The number of carbonyl (C=O) groups excluding carboxylic acids is 1. The van der Waals surface area contributed by atoms with E-state index in [1.165, 1.54) is 4.88 Å². The average molecular weight is 501 g/mol. The number of anilines is 1. The highest BCUT2D eigenvalue weighted by molar-refractivity contribution is 7.13. The van der Waals surface area contributed by atoms with Crippen molar-refractivity contribution in [3.8, 4) is 21.9 Å². The van der Waals surface area contributed by atoms with Crippen LogP contribution in [0.1, 0.15) is 11.6 Å². The summed E-state index contributed by atoms with van der Waals surface area (Å²) in [6, 6.07) is 24.4. The summed E-state index contributed by atoms with van der Waals surface area (Å²) < 4.78 is 5.84. The topological polar surface area (TPSA) is 29.5 Å². The highest BCUT2D eigenvalue weighted by Gasteiger charge is 2.47. The number of halogens is 3. The molecule has 4 aromatic rings. The molecule has 1 aromatic heterocycles. The third kappa shape index (κ3) is 4.00. The quantitative estimate of drug-likeness (QED) is 0.204. The van der Waals surface area contributed by atoms with Gasteiger partial charge in [-0.2, -0.15) is 0 Å². The van der Waals surface area contributed by atoms with Crippen molar-refractivity contribution < 1.29 is 9.53 Å². The molecular weight excluding hydrogens is 485 g/mol. The van der Waals surface area contributed by atoms with Crippen LogP contribution in [0.4, 0.5) is 5.69 Å². The molecule has 0 saturated carbocycles. The van der Waals surface area contributed by atoms with Crippen LogP contribution >= 0.6 is 46.1 Å². The molecule has 0 aliphatic carbocycles. The van der Waals surface area contributed by atoms with Gasteiger partial charge in [0.15, 0.2) is 0 Å². The van der Waals surface area contributed by atoms with Gasteiger partial charge in [-0.05, 0) is 65.0 Å². The van der Waals surface area contributed by atoms with Crippen LogP contribution in [0.2, 0.25) is 10.0 Å². The van der Waals surface area contributed by atoms with E-state index >= 15 is 0 Å². The van der Waals surface area contributed by atoms with Gasteiger partial charge in [0.25, 0.3) is 0 Å². The number of thiophene rings is 1. The molecule has 0 bridgehead atoms. The summed E-state index contributed by atoms with van der Waals surface area (Å²) in [6.07, 6.45) is 0. The van der Waals surface area contributed by atoms with Crippen molar-refractivity contribution in [3.63, 3.8) is 0 Å². The third-order valence-corrected chi connectivity index (χ3v) is 7.20. The second-order valence-electron chi connectivity index (χ2n) is 7.32. The number of ether oxygens (including phenoxy) is 1. The maximum atomic E-state index is 12.6. The Balaban J connectivity index is 1.35. The number of hydrogen-bond acceptors (Lipinski definition) is 3. The fourth-order valence-corrected chi connectivity index (χ4v) is 5.25. The lowest BCUT2D eigenvalue weighted by molar-refractivity contribution is -0.123. The Labute approximate surface area is 204 Å². The van der Waals surface area contributed by atoms with Crippen LogP contribution in [0.5, 0.6) is 11.5 Å². The second kappa shape index (κ2) is 8.80. The summed E-state index contributed by atoms with van der Waals surface area (Å²) in [7, 11) is 0. The molecular formula is C25H16Cl3NO2S. The van der Waals surface area contributed by atoms with Crippen molar-refractivity contribution in [3.05, 3.63) is 99.9 Å². The lowest BCUT2D eigenvalue weighted by atomic mass is 9.91. The first kappa shape index (κ1) is 21.4. The summed E-state index contributed by atoms with van der Waals surface area (Å²) in [5.41, 5.74) is 2.90. The van der Waals surface area contributed by atoms with E-state index in [1.807, 2.05) is 30.3 Å². The second-order valence-corrected chi connectivity index (χ2v) is 9.59. The zero-order chi connectivity index (χ0) is 22.2. The van der Waals surface area contributed by atoms with Gasteiger partial charge in [0.2, 0.25) is 5.91 Å². The van der Waals surface area contributed by atoms with E-state index in [4.69, 9.17) is 39.5 Å². The van der Waals surface area contributed by atoms with Crippen molar-refractivity contribution in [1.29, 1.82) is 0 Å². The number of benzene rings is 3. The maximum absolute atomic E-state index is 12.6. The van der Waals surface area contributed by atoms with Crippen LogP contribution in [0.3, 0.4) is 0 Å². The number of hydrogen-bond donors (Lipinski definition) is 0. The monoisotopic (exact) mass is 499 g/mol. The van der Waals surface area contributed by atoms with Crippen molar-refractivity contribution >= 4 is 57.7 Å². The minimum Gasteiger partial charge on any atom is -0.456 e. The van der Waals surface area contributed by atoms with E-state index in [9.17, 15) is 4.79 Å². The molecule has 3 aromatic carbocycles. The molecule has 7 heteroatoms. The van der Waals surface area contributed by atoms with Gasteiger partial charge >= 0.3 is 0 Å². The van der Waals surface area contributed by atoms with Gasteiger partial charge < -0.3 is 9.64 Å². The van der Waals surface area contributed by atoms with Crippen molar-refractivity contribution in [2.24, 2.45) is 0 Å². The Hall–Kier alpha value is -2.50. The SMILES string of the molecule is O=C1C(Cl)C(c2ccc(-c3cccs3)cc2)N1c1ccc(Oc2ccc(Cl)cc2Cl)cc1. The van der Waals surface area contributed by atoms with Gasteiger partial charge in [0, 0.05) is 15.6 Å². The van der Waals surface area contributed by atoms with Crippen LogP contribution in [0.15, 0.2) is 84.2 Å². The minimum absolute atomic E-state index is 0.117. The largest absolute Gasteiger partial charge is 0.456 e. The Morgan fingerprint density at radius 2 is 1.66 bits per heavy atom. The van der Waals surface area contributed by atoms with Crippen LogP contribution in [-0.2, 0) is 4.79 Å². The first-order valence-electron chi connectivity index (χ1n) is 9.85. The maximum Gasteiger partial charge on any atom is 0.248 e. The average Bonchev–Trinajstić information content (AvgIpc) is 3.34. The molecule has 0 radical (unpaired) electrons.